The second-order valence-electron chi connectivity index (χ2n) is 4.51. The summed E-state index contributed by atoms with van der Waals surface area (Å²) in [7, 11) is 0. The van der Waals surface area contributed by atoms with Crippen molar-refractivity contribution in [3.8, 4) is 0 Å². The lowest BCUT2D eigenvalue weighted by molar-refractivity contribution is -0.137. The van der Waals surface area contributed by atoms with Crippen molar-refractivity contribution in [1.82, 2.24) is 0 Å². The fraction of sp³-hybridized carbons (Fsp3) is 0.455. The minimum absolute atomic E-state index is 0.0720. The number of thioether (sulfide) groups is 1. The van der Waals surface area contributed by atoms with Crippen LogP contribution in [0.25, 0.3) is 0 Å². The lowest BCUT2D eigenvalue weighted by atomic mass is 10.1. The molecule has 0 fully saturated rings. The Morgan fingerprint density at radius 2 is 2.00 bits per heavy atom. The molecule has 0 aromatic heterocycles. The number of fused-ring (bicyclic) bond motifs is 1. The molecule has 1 aromatic carbocycles. The third kappa shape index (κ3) is 2.29. The highest BCUT2D eigenvalue weighted by atomic mass is 32.2. The average Bonchev–Trinajstić information content (AvgIpc) is 2.14. The fourth-order valence-electron chi connectivity index (χ4n) is 1.58. The number of halogens is 3. The highest BCUT2D eigenvalue weighted by molar-refractivity contribution is 7.99. The number of anilines is 1. The van der Waals surface area contributed by atoms with Crippen molar-refractivity contribution in [3.05, 3.63) is 23.8 Å². The van der Waals surface area contributed by atoms with Crippen LogP contribution in [0.3, 0.4) is 0 Å². The summed E-state index contributed by atoms with van der Waals surface area (Å²) in [5, 5.41) is 3.23. The number of alkyl halides is 3. The molecule has 0 unspecified atom stereocenters. The van der Waals surface area contributed by atoms with Gasteiger partial charge in [0.25, 0.3) is 0 Å². The molecule has 1 N–H and O–H groups in total. The molecule has 0 saturated carbocycles. The van der Waals surface area contributed by atoms with Gasteiger partial charge in [0.1, 0.15) is 0 Å². The van der Waals surface area contributed by atoms with Crippen LogP contribution in [0.15, 0.2) is 23.1 Å². The Kier molecular flexibility index (Phi) is 2.61. The number of rotatable bonds is 0. The van der Waals surface area contributed by atoms with Gasteiger partial charge in [-0.05, 0) is 32.0 Å². The lowest BCUT2D eigenvalue weighted by Gasteiger charge is -2.33. The molecule has 1 aromatic rings. The first-order valence-electron chi connectivity index (χ1n) is 4.90. The van der Waals surface area contributed by atoms with Gasteiger partial charge >= 0.3 is 6.18 Å². The fourth-order valence-corrected chi connectivity index (χ4v) is 2.65. The molecule has 1 aliphatic heterocycles. The molecule has 0 amide bonds. The Hall–Kier alpha value is -0.840. The molecule has 0 atom stereocenters. The molecule has 0 radical (unpaired) electrons. The van der Waals surface area contributed by atoms with Crippen molar-refractivity contribution in [1.29, 1.82) is 0 Å². The summed E-state index contributed by atoms with van der Waals surface area (Å²) in [5.41, 5.74) is 0.131. The maximum Gasteiger partial charge on any atom is 0.416 e. The van der Waals surface area contributed by atoms with Crippen molar-refractivity contribution in [2.75, 3.05) is 11.1 Å². The third-order valence-electron chi connectivity index (χ3n) is 2.37. The van der Waals surface area contributed by atoms with Crippen LogP contribution in [0.2, 0.25) is 0 Å². The van der Waals surface area contributed by atoms with Crippen LogP contribution in [0.5, 0.6) is 0 Å². The van der Waals surface area contributed by atoms with E-state index in [2.05, 4.69) is 5.32 Å². The van der Waals surface area contributed by atoms with E-state index in [1.165, 1.54) is 23.9 Å². The highest BCUT2D eigenvalue weighted by Gasteiger charge is 2.32. The SMILES string of the molecule is CC1(C)CSc2cc(C(F)(F)F)ccc2N1. The molecule has 0 saturated heterocycles. The molecule has 88 valence electrons. The van der Waals surface area contributed by atoms with E-state index >= 15 is 0 Å². The van der Waals surface area contributed by atoms with E-state index in [1.807, 2.05) is 13.8 Å². The maximum absolute atomic E-state index is 12.5. The van der Waals surface area contributed by atoms with Gasteiger partial charge in [0.15, 0.2) is 0 Å². The van der Waals surface area contributed by atoms with E-state index in [0.29, 0.717) is 4.90 Å². The topological polar surface area (TPSA) is 12.0 Å². The average molecular weight is 247 g/mol. The van der Waals surface area contributed by atoms with E-state index in [0.717, 1.165) is 17.5 Å². The molecule has 1 aliphatic rings. The smallest absolute Gasteiger partial charge is 0.378 e. The molecule has 0 bridgehead atoms. The van der Waals surface area contributed by atoms with Gasteiger partial charge in [-0.15, -0.1) is 11.8 Å². The zero-order valence-electron chi connectivity index (χ0n) is 8.98. The summed E-state index contributed by atoms with van der Waals surface area (Å²) in [6.07, 6.45) is -4.26. The van der Waals surface area contributed by atoms with Gasteiger partial charge in [0, 0.05) is 21.9 Å². The van der Waals surface area contributed by atoms with Gasteiger partial charge in [-0.25, -0.2) is 0 Å². The number of nitrogens with one attached hydrogen (secondary N) is 1. The molecule has 5 heteroatoms. The standard InChI is InChI=1S/C11H12F3NS/c1-10(2)6-16-9-5-7(11(12,13)14)3-4-8(9)15-10/h3-5,15H,6H2,1-2H3. The van der Waals surface area contributed by atoms with Crippen LogP contribution >= 0.6 is 11.8 Å². The first kappa shape index (κ1) is 11.6. The summed E-state index contributed by atoms with van der Waals surface area (Å²) in [4.78, 5) is 0.675. The van der Waals surface area contributed by atoms with Crippen LogP contribution < -0.4 is 5.32 Å². The van der Waals surface area contributed by atoms with E-state index in [1.54, 1.807) is 0 Å². The van der Waals surface area contributed by atoms with Gasteiger partial charge < -0.3 is 5.32 Å². The summed E-state index contributed by atoms with van der Waals surface area (Å²) >= 11 is 1.46. The Labute approximate surface area is 96.4 Å². The van der Waals surface area contributed by atoms with Crippen molar-refractivity contribution in [3.63, 3.8) is 0 Å². The highest BCUT2D eigenvalue weighted by Crippen LogP contribution is 2.40. The Balaban J connectivity index is 2.36. The number of benzene rings is 1. The molecular formula is C11H12F3NS. The molecule has 16 heavy (non-hydrogen) atoms. The predicted molar refractivity (Wildman–Crippen MR) is 59.9 cm³/mol. The first-order chi connectivity index (χ1) is 7.28. The second-order valence-corrected chi connectivity index (χ2v) is 5.52. The molecule has 1 heterocycles. The molecule has 0 aliphatic carbocycles. The zero-order valence-corrected chi connectivity index (χ0v) is 9.80. The van der Waals surface area contributed by atoms with E-state index in [4.69, 9.17) is 0 Å². The minimum atomic E-state index is -4.26. The summed E-state index contributed by atoms with van der Waals surface area (Å²) < 4.78 is 37.4. The normalized spacial score (nSPS) is 18.8. The number of hydrogen-bond acceptors (Lipinski definition) is 2. The van der Waals surface area contributed by atoms with Crippen molar-refractivity contribution in [2.24, 2.45) is 0 Å². The van der Waals surface area contributed by atoms with Crippen LogP contribution in [0, 0.1) is 0 Å². The van der Waals surface area contributed by atoms with Crippen molar-refractivity contribution in [2.45, 2.75) is 30.5 Å². The van der Waals surface area contributed by atoms with Crippen LogP contribution in [0.4, 0.5) is 18.9 Å². The van der Waals surface area contributed by atoms with Crippen molar-refractivity contribution < 1.29 is 13.2 Å². The molecule has 2 rings (SSSR count). The van der Waals surface area contributed by atoms with E-state index in [9.17, 15) is 13.2 Å². The van der Waals surface area contributed by atoms with E-state index < -0.39 is 11.7 Å². The monoisotopic (exact) mass is 247 g/mol. The first-order valence-corrected chi connectivity index (χ1v) is 5.89. The zero-order chi connectivity index (χ0) is 12.0. The Bertz CT molecular complexity index is 412. The Morgan fingerprint density at radius 3 is 2.62 bits per heavy atom. The van der Waals surface area contributed by atoms with Crippen LogP contribution in [0.1, 0.15) is 19.4 Å². The largest absolute Gasteiger partial charge is 0.416 e. The lowest BCUT2D eigenvalue weighted by Crippen LogP contribution is -2.36. The molecular weight excluding hydrogens is 235 g/mol. The van der Waals surface area contributed by atoms with Gasteiger partial charge in [0.05, 0.1) is 5.56 Å². The van der Waals surface area contributed by atoms with Crippen molar-refractivity contribution >= 4 is 17.4 Å². The summed E-state index contributed by atoms with van der Waals surface area (Å²) in [5.74, 6) is 0.765. The molecule has 1 nitrogen and oxygen atoms in total. The van der Waals surface area contributed by atoms with Gasteiger partial charge in [0.2, 0.25) is 0 Å². The predicted octanol–water partition coefficient (Wildman–Crippen LogP) is 4.00. The number of hydrogen-bond donors (Lipinski definition) is 1. The second kappa shape index (κ2) is 3.58. The van der Waals surface area contributed by atoms with Crippen LogP contribution in [-0.4, -0.2) is 11.3 Å². The minimum Gasteiger partial charge on any atom is -0.378 e. The van der Waals surface area contributed by atoms with Gasteiger partial charge in [-0.2, -0.15) is 13.2 Å². The maximum atomic E-state index is 12.5. The van der Waals surface area contributed by atoms with Crippen LogP contribution in [-0.2, 0) is 6.18 Å². The summed E-state index contributed by atoms with van der Waals surface area (Å²) in [6, 6.07) is 3.84. The van der Waals surface area contributed by atoms with E-state index in [-0.39, 0.29) is 5.54 Å². The van der Waals surface area contributed by atoms with Gasteiger partial charge in [-0.3, -0.25) is 0 Å². The third-order valence-corrected chi connectivity index (χ3v) is 3.89. The quantitative estimate of drug-likeness (QED) is 0.743. The molecule has 0 spiro atoms. The Morgan fingerprint density at radius 1 is 1.31 bits per heavy atom. The van der Waals surface area contributed by atoms with Gasteiger partial charge in [-0.1, -0.05) is 0 Å². The summed E-state index contributed by atoms with van der Waals surface area (Å²) in [6.45, 7) is 4.06.